The Morgan fingerprint density at radius 1 is 1.22 bits per heavy atom. The van der Waals surface area contributed by atoms with Crippen molar-refractivity contribution in [3.8, 4) is 17.2 Å². The molecule has 7 heteroatoms. The van der Waals surface area contributed by atoms with Crippen LogP contribution in [0.25, 0.3) is 0 Å². The molecule has 2 fully saturated rings. The Morgan fingerprint density at radius 3 is 2.93 bits per heavy atom. The highest BCUT2D eigenvalue weighted by Gasteiger charge is 2.30. The Kier molecular flexibility index (Phi) is 5.87. The van der Waals surface area contributed by atoms with Crippen molar-refractivity contribution in [1.82, 2.24) is 15.5 Å². The van der Waals surface area contributed by atoms with E-state index in [1.54, 1.807) is 0 Å². The predicted octanol–water partition coefficient (Wildman–Crippen LogP) is 1.98. The minimum absolute atomic E-state index is 0.279. The first kappa shape index (κ1) is 18.2. The van der Waals surface area contributed by atoms with Crippen LogP contribution in [0, 0.1) is 0 Å². The number of rotatable bonds is 6. The summed E-state index contributed by atoms with van der Waals surface area (Å²) in [4.78, 5) is 7.00. The molecule has 148 valence electrons. The van der Waals surface area contributed by atoms with Crippen molar-refractivity contribution in [3.05, 3.63) is 18.2 Å². The topological polar surface area (TPSA) is 67.4 Å². The Labute approximate surface area is 161 Å². The number of aliphatic imine (C=N–C) groups is 1. The van der Waals surface area contributed by atoms with E-state index >= 15 is 0 Å². The van der Waals surface area contributed by atoms with Gasteiger partial charge in [-0.25, -0.2) is 0 Å². The number of hydrogen-bond acceptors (Lipinski definition) is 5. The molecule has 2 heterocycles. The Balaban J connectivity index is 1.16. The van der Waals surface area contributed by atoms with Crippen LogP contribution in [-0.2, 0) is 0 Å². The number of guanidine groups is 1. The second kappa shape index (κ2) is 8.69. The van der Waals surface area contributed by atoms with E-state index in [4.69, 9.17) is 14.2 Å². The van der Waals surface area contributed by atoms with Crippen molar-refractivity contribution < 1.29 is 14.2 Å². The number of likely N-dealkylation sites (tertiary alicyclic amines) is 1. The molecule has 2 N–H and O–H groups in total. The average Bonchev–Trinajstić information content (AvgIpc) is 3.44. The summed E-state index contributed by atoms with van der Waals surface area (Å²) in [5.74, 6) is 3.15. The van der Waals surface area contributed by atoms with Gasteiger partial charge in [-0.2, -0.15) is 0 Å². The summed E-state index contributed by atoms with van der Waals surface area (Å²) in [5.41, 5.74) is 0. The lowest BCUT2D eigenvalue weighted by Crippen LogP contribution is -2.46. The molecule has 0 radical (unpaired) electrons. The lowest BCUT2D eigenvalue weighted by atomic mass is 10.2. The van der Waals surface area contributed by atoms with Crippen molar-refractivity contribution in [3.63, 3.8) is 0 Å². The minimum atomic E-state index is 0.279. The summed E-state index contributed by atoms with van der Waals surface area (Å²) in [7, 11) is 1.82. The van der Waals surface area contributed by atoms with E-state index in [1.807, 2.05) is 25.2 Å². The van der Waals surface area contributed by atoms with Crippen LogP contribution >= 0.6 is 0 Å². The van der Waals surface area contributed by atoms with Crippen LogP contribution in [0.15, 0.2) is 23.2 Å². The standard InChI is InChI=1S/C20H30N4O3/c1-21-20(23-15-8-10-24(13-15)16-4-2-3-5-16)22-9-11-25-17-6-7-18-19(12-17)27-14-26-18/h6-7,12,15-16H,2-5,8-11,13-14H2,1H3,(H2,21,22,23). The van der Waals surface area contributed by atoms with Gasteiger partial charge in [-0.1, -0.05) is 12.8 Å². The molecule has 0 aromatic heterocycles. The van der Waals surface area contributed by atoms with Crippen LogP contribution < -0.4 is 24.8 Å². The fourth-order valence-electron chi connectivity index (χ4n) is 4.20. The minimum Gasteiger partial charge on any atom is -0.492 e. The summed E-state index contributed by atoms with van der Waals surface area (Å²) in [6.07, 6.45) is 6.72. The van der Waals surface area contributed by atoms with Gasteiger partial charge in [-0.15, -0.1) is 0 Å². The quantitative estimate of drug-likeness (QED) is 0.451. The normalized spacial score (nSPS) is 23.0. The molecule has 1 unspecified atom stereocenters. The fraction of sp³-hybridized carbons (Fsp3) is 0.650. The molecule has 1 aromatic carbocycles. The molecule has 2 aliphatic heterocycles. The highest BCUT2D eigenvalue weighted by molar-refractivity contribution is 5.80. The fourth-order valence-corrected chi connectivity index (χ4v) is 4.20. The van der Waals surface area contributed by atoms with E-state index in [9.17, 15) is 0 Å². The van der Waals surface area contributed by atoms with Gasteiger partial charge in [0.05, 0.1) is 6.54 Å². The molecule has 1 saturated carbocycles. The summed E-state index contributed by atoms with van der Waals surface area (Å²) >= 11 is 0. The highest BCUT2D eigenvalue weighted by atomic mass is 16.7. The molecular formula is C20H30N4O3. The number of hydrogen-bond donors (Lipinski definition) is 2. The predicted molar refractivity (Wildman–Crippen MR) is 105 cm³/mol. The Bertz CT molecular complexity index is 661. The molecule has 1 aliphatic carbocycles. The number of benzene rings is 1. The highest BCUT2D eigenvalue weighted by Crippen LogP contribution is 2.35. The molecule has 1 saturated heterocycles. The van der Waals surface area contributed by atoms with Gasteiger partial charge in [0.1, 0.15) is 12.4 Å². The summed E-state index contributed by atoms with van der Waals surface area (Å²) in [6, 6.07) is 6.93. The van der Waals surface area contributed by atoms with E-state index in [-0.39, 0.29) is 6.79 Å². The van der Waals surface area contributed by atoms with Crippen molar-refractivity contribution in [2.45, 2.75) is 44.2 Å². The van der Waals surface area contributed by atoms with Crippen LogP contribution in [0.5, 0.6) is 17.2 Å². The van der Waals surface area contributed by atoms with E-state index in [2.05, 4.69) is 20.5 Å². The molecule has 7 nitrogen and oxygen atoms in total. The van der Waals surface area contributed by atoms with Crippen LogP contribution in [0.4, 0.5) is 0 Å². The molecule has 4 rings (SSSR count). The maximum atomic E-state index is 5.79. The zero-order valence-corrected chi connectivity index (χ0v) is 16.1. The van der Waals surface area contributed by atoms with Gasteiger partial charge in [0, 0.05) is 38.3 Å². The van der Waals surface area contributed by atoms with Gasteiger partial charge in [-0.05, 0) is 31.4 Å². The lowest BCUT2D eigenvalue weighted by Gasteiger charge is -2.24. The van der Waals surface area contributed by atoms with Crippen molar-refractivity contribution in [2.24, 2.45) is 4.99 Å². The zero-order valence-electron chi connectivity index (χ0n) is 16.1. The monoisotopic (exact) mass is 374 g/mol. The Morgan fingerprint density at radius 2 is 2.07 bits per heavy atom. The molecule has 0 amide bonds. The first-order valence-corrected chi connectivity index (χ1v) is 10.1. The van der Waals surface area contributed by atoms with Gasteiger partial charge in [-0.3, -0.25) is 9.89 Å². The third-order valence-electron chi connectivity index (χ3n) is 5.63. The van der Waals surface area contributed by atoms with Crippen LogP contribution in [0.2, 0.25) is 0 Å². The van der Waals surface area contributed by atoms with Crippen molar-refractivity contribution in [1.29, 1.82) is 0 Å². The molecule has 1 aromatic rings. The molecule has 0 bridgehead atoms. The number of ether oxygens (including phenoxy) is 3. The second-order valence-corrected chi connectivity index (χ2v) is 7.43. The molecule has 3 aliphatic rings. The molecule has 0 spiro atoms. The van der Waals surface area contributed by atoms with Gasteiger partial charge in [0.2, 0.25) is 6.79 Å². The Hall–Kier alpha value is -2.15. The number of fused-ring (bicyclic) bond motifs is 1. The largest absolute Gasteiger partial charge is 0.492 e. The van der Waals surface area contributed by atoms with Gasteiger partial charge < -0.3 is 24.8 Å². The summed E-state index contributed by atoms with van der Waals surface area (Å²) in [6.45, 7) is 3.85. The zero-order chi connectivity index (χ0) is 18.5. The van der Waals surface area contributed by atoms with Gasteiger partial charge in [0.25, 0.3) is 0 Å². The van der Waals surface area contributed by atoms with Crippen LogP contribution in [0.3, 0.4) is 0 Å². The van der Waals surface area contributed by atoms with Crippen molar-refractivity contribution in [2.75, 3.05) is 40.1 Å². The van der Waals surface area contributed by atoms with Crippen molar-refractivity contribution >= 4 is 5.96 Å². The van der Waals surface area contributed by atoms with Gasteiger partial charge in [0.15, 0.2) is 17.5 Å². The third-order valence-corrected chi connectivity index (χ3v) is 5.63. The molecular weight excluding hydrogens is 344 g/mol. The van der Waals surface area contributed by atoms with Crippen LogP contribution in [-0.4, -0.2) is 63.0 Å². The summed E-state index contributed by atoms with van der Waals surface area (Å²) < 4.78 is 16.5. The molecule has 27 heavy (non-hydrogen) atoms. The van der Waals surface area contributed by atoms with Gasteiger partial charge >= 0.3 is 0 Å². The average molecular weight is 374 g/mol. The first-order chi connectivity index (χ1) is 13.3. The maximum absolute atomic E-state index is 5.79. The van der Waals surface area contributed by atoms with E-state index in [1.165, 1.54) is 38.6 Å². The van der Waals surface area contributed by atoms with Crippen LogP contribution in [0.1, 0.15) is 32.1 Å². The lowest BCUT2D eigenvalue weighted by molar-refractivity contribution is 0.173. The van der Waals surface area contributed by atoms with E-state index < -0.39 is 0 Å². The molecule has 1 atom stereocenters. The first-order valence-electron chi connectivity index (χ1n) is 10.1. The number of nitrogens with zero attached hydrogens (tertiary/aromatic N) is 2. The maximum Gasteiger partial charge on any atom is 0.231 e. The second-order valence-electron chi connectivity index (χ2n) is 7.43. The van der Waals surface area contributed by atoms with E-state index in [0.29, 0.717) is 19.2 Å². The number of nitrogens with one attached hydrogen (secondary N) is 2. The summed E-state index contributed by atoms with van der Waals surface area (Å²) in [5, 5.41) is 6.90. The third kappa shape index (κ3) is 4.58. The SMILES string of the molecule is CN=C(NCCOc1ccc2c(c1)OCO2)NC1CCN(C2CCCC2)C1. The van der Waals surface area contributed by atoms with E-state index in [0.717, 1.165) is 35.8 Å². The smallest absolute Gasteiger partial charge is 0.231 e.